The first kappa shape index (κ1) is 18.1. The lowest BCUT2D eigenvalue weighted by atomic mass is 9.66. The molecule has 1 aliphatic carbocycles. The number of carbonyl (C=O) groups is 1. The molecular weight excluding hydrogens is 374 g/mol. The number of hydrogen-bond donors (Lipinski definition) is 2. The molecular formula is C24H19N5O. The number of fused-ring (bicyclic) bond motifs is 1. The third-order valence-electron chi connectivity index (χ3n) is 5.80. The fraction of sp³-hybridized carbons (Fsp3) is 0.167. The number of pyridine rings is 1. The van der Waals surface area contributed by atoms with Crippen LogP contribution in [-0.2, 0) is 5.41 Å². The standard InChI is InChI=1S/C24H19N5O/c1-25-17-7-4-6-16(14-17)22(30)27-18-10-11-21(26-15-18)24(12-5-13-24)23-28-19-8-2-3-9-20(19)29-23/h2-4,6-11,14-15H,5,12-13H2,(H,27,30)(H,28,29). The average Bonchev–Trinajstić information content (AvgIpc) is 3.18. The topological polar surface area (TPSA) is 75.0 Å². The van der Waals surface area contributed by atoms with E-state index in [4.69, 9.17) is 11.6 Å². The fourth-order valence-electron chi connectivity index (χ4n) is 3.99. The zero-order valence-corrected chi connectivity index (χ0v) is 16.2. The Morgan fingerprint density at radius 1 is 1.10 bits per heavy atom. The number of carbonyl (C=O) groups excluding carboxylic acids is 1. The van der Waals surface area contributed by atoms with Gasteiger partial charge in [-0.05, 0) is 43.2 Å². The van der Waals surface area contributed by atoms with E-state index in [1.165, 1.54) is 0 Å². The monoisotopic (exact) mass is 393 g/mol. The van der Waals surface area contributed by atoms with Crippen LogP contribution in [-0.4, -0.2) is 20.9 Å². The summed E-state index contributed by atoms with van der Waals surface area (Å²) in [5, 5.41) is 2.86. The van der Waals surface area contributed by atoms with Crippen molar-refractivity contribution in [3.8, 4) is 0 Å². The number of anilines is 1. The fourth-order valence-corrected chi connectivity index (χ4v) is 3.99. The van der Waals surface area contributed by atoms with Gasteiger partial charge in [0, 0.05) is 5.56 Å². The van der Waals surface area contributed by atoms with Crippen LogP contribution in [0.15, 0.2) is 66.9 Å². The van der Waals surface area contributed by atoms with Gasteiger partial charge in [0.1, 0.15) is 5.82 Å². The molecule has 6 nitrogen and oxygen atoms in total. The summed E-state index contributed by atoms with van der Waals surface area (Å²) in [5.41, 5.74) is 4.26. The zero-order chi connectivity index (χ0) is 20.6. The van der Waals surface area contributed by atoms with Gasteiger partial charge in [-0.2, -0.15) is 0 Å². The van der Waals surface area contributed by atoms with Crippen LogP contribution in [0, 0.1) is 6.57 Å². The van der Waals surface area contributed by atoms with Gasteiger partial charge in [-0.1, -0.05) is 36.8 Å². The first-order valence-electron chi connectivity index (χ1n) is 9.89. The predicted molar refractivity (Wildman–Crippen MR) is 116 cm³/mol. The van der Waals surface area contributed by atoms with Crippen molar-refractivity contribution in [3.63, 3.8) is 0 Å². The van der Waals surface area contributed by atoms with Gasteiger partial charge in [-0.25, -0.2) is 9.83 Å². The molecule has 146 valence electrons. The lowest BCUT2D eigenvalue weighted by Gasteiger charge is -2.39. The normalized spacial score (nSPS) is 14.6. The van der Waals surface area contributed by atoms with Gasteiger partial charge in [0.05, 0.1) is 40.6 Å². The summed E-state index contributed by atoms with van der Waals surface area (Å²) in [6, 6.07) is 18.5. The summed E-state index contributed by atoms with van der Waals surface area (Å²) in [7, 11) is 0. The van der Waals surface area contributed by atoms with Gasteiger partial charge in [-0.15, -0.1) is 0 Å². The SMILES string of the molecule is [C-]#[N+]c1cccc(C(=O)Nc2ccc(C3(c4nc5ccccc5[nH]4)CCC3)nc2)c1. The second-order valence-electron chi connectivity index (χ2n) is 7.59. The number of aromatic amines is 1. The quantitative estimate of drug-likeness (QED) is 0.466. The van der Waals surface area contributed by atoms with Crippen molar-refractivity contribution in [2.24, 2.45) is 0 Å². The molecule has 0 aliphatic heterocycles. The first-order valence-corrected chi connectivity index (χ1v) is 9.89. The second kappa shape index (κ2) is 7.12. The summed E-state index contributed by atoms with van der Waals surface area (Å²) in [6.45, 7) is 7.09. The van der Waals surface area contributed by atoms with Crippen molar-refractivity contribution < 1.29 is 4.79 Å². The number of benzene rings is 2. The van der Waals surface area contributed by atoms with Crippen molar-refractivity contribution in [1.82, 2.24) is 15.0 Å². The average molecular weight is 393 g/mol. The minimum atomic E-state index is -0.259. The largest absolute Gasteiger partial charge is 0.341 e. The summed E-state index contributed by atoms with van der Waals surface area (Å²) in [4.78, 5) is 28.8. The zero-order valence-electron chi connectivity index (χ0n) is 16.2. The highest BCUT2D eigenvalue weighted by Crippen LogP contribution is 2.47. The maximum Gasteiger partial charge on any atom is 0.254 e. The number of para-hydroxylation sites is 2. The summed E-state index contributed by atoms with van der Waals surface area (Å²) in [5.74, 6) is 0.695. The molecule has 0 spiro atoms. The molecule has 1 amide bonds. The number of hydrogen-bond acceptors (Lipinski definition) is 3. The second-order valence-corrected chi connectivity index (χ2v) is 7.59. The Bertz CT molecular complexity index is 1250. The van der Waals surface area contributed by atoms with Crippen molar-refractivity contribution in [1.29, 1.82) is 0 Å². The molecule has 0 bridgehead atoms. The van der Waals surface area contributed by atoms with Gasteiger partial charge in [0.25, 0.3) is 5.91 Å². The molecule has 0 saturated heterocycles. The number of rotatable bonds is 4. The molecule has 0 atom stereocenters. The molecule has 5 rings (SSSR count). The van der Waals surface area contributed by atoms with E-state index >= 15 is 0 Å². The minimum Gasteiger partial charge on any atom is -0.341 e. The Morgan fingerprint density at radius 3 is 2.67 bits per heavy atom. The molecule has 6 heteroatoms. The van der Waals surface area contributed by atoms with Crippen LogP contribution in [0.4, 0.5) is 11.4 Å². The van der Waals surface area contributed by atoms with E-state index in [1.54, 1.807) is 30.5 Å². The van der Waals surface area contributed by atoms with Crippen LogP contribution in [0.1, 0.15) is 41.1 Å². The molecule has 1 fully saturated rings. The molecule has 0 radical (unpaired) electrons. The number of amides is 1. The molecule has 2 N–H and O–H groups in total. The third-order valence-corrected chi connectivity index (χ3v) is 5.80. The molecule has 0 unspecified atom stereocenters. The maximum atomic E-state index is 12.5. The smallest absolute Gasteiger partial charge is 0.254 e. The number of aromatic nitrogens is 3. The highest BCUT2D eigenvalue weighted by molar-refractivity contribution is 6.04. The van der Waals surface area contributed by atoms with E-state index in [-0.39, 0.29) is 11.3 Å². The van der Waals surface area contributed by atoms with Gasteiger partial charge in [-0.3, -0.25) is 9.78 Å². The van der Waals surface area contributed by atoms with Gasteiger partial charge >= 0.3 is 0 Å². The molecule has 4 aromatic rings. The maximum absolute atomic E-state index is 12.5. The Hall–Kier alpha value is -3.98. The van der Waals surface area contributed by atoms with Crippen LogP contribution < -0.4 is 5.32 Å². The van der Waals surface area contributed by atoms with E-state index < -0.39 is 0 Å². The van der Waals surface area contributed by atoms with E-state index in [9.17, 15) is 4.79 Å². The lowest BCUT2D eigenvalue weighted by Crippen LogP contribution is -2.37. The molecule has 30 heavy (non-hydrogen) atoms. The molecule has 2 heterocycles. The molecule has 2 aromatic heterocycles. The van der Waals surface area contributed by atoms with Crippen molar-refractivity contribution in [3.05, 3.63) is 95.4 Å². The van der Waals surface area contributed by atoms with Crippen LogP contribution in [0.3, 0.4) is 0 Å². The Morgan fingerprint density at radius 2 is 1.97 bits per heavy atom. The Balaban J connectivity index is 1.40. The lowest BCUT2D eigenvalue weighted by molar-refractivity contribution is 0.102. The molecule has 1 aliphatic rings. The van der Waals surface area contributed by atoms with Crippen molar-refractivity contribution in [2.75, 3.05) is 5.32 Å². The Labute approximate surface area is 173 Å². The predicted octanol–water partition coefficient (Wildman–Crippen LogP) is 5.23. The Kier molecular flexibility index (Phi) is 4.29. The van der Waals surface area contributed by atoms with E-state index in [0.29, 0.717) is 16.9 Å². The molecule has 2 aromatic carbocycles. The van der Waals surface area contributed by atoms with Gasteiger partial charge < -0.3 is 10.3 Å². The van der Waals surface area contributed by atoms with Crippen LogP contribution >= 0.6 is 0 Å². The minimum absolute atomic E-state index is 0.203. The first-order chi connectivity index (χ1) is 14.7. The van der Waals surface area contributed by atoms with E-state index in [1.807, 2.05) is 36.4 Å². The van der Waals surface area contributed by atoms with Gasteiger partial charge in [0.15, 0.2) is 5.69 Å². The van der Waals surface area contributed by atoms with Crippen LogP contribution in [0.25, 0.3) is 15.9 Å². The van der Waals surface area contributed by atoms with Crippen molar-refractivity contribution in [2.45, 2.75) is 24.7 Å². The number of nitrogens with one attached hydrogen (secondary N) is 2. The number of imidazole rings is 1. The highest BCUT2D eigenvalue weighted by atomic mass is 16.1. The summed E-state index contributed by atoms with van der Waals surface area (Å²) in [6.07, 6.45) is 4.81. The van der Waals surface area contributed by atoms with Crippen molar-refractivity contribution >= 4 is 28.3 Å². The number of nitrogens with zero attached hydrogens (tertiary/aromatic N) is 3. The summed E-state index contributed by atoms with van der Waals surface area (Å²) >= 11 is 0. The summed E-state index contributed by atoms with van der Waals surface area (Å²) < 4.78 is 0. The van der Waals surface area contributed by atoms with E-state index in [2.05, 4.69) is 20.1 Å². The van der Waals surface area contributed by atoms with Crippen LogP contribution in [0.2, 0.25) is 0 Å². The van der Waals surface area contributed by atoms with Gasteiger partial charge in [0.2, 0.25) is 0 Å². The number of H-pyrrole nitrogens is 1. The van der Waals surface area contributed by atoms with Crippen LogP contribution in [0.5, 0.6) is 0 Å². The highest BCUT2D eigenvalue weighted by Gasteiger charge is 2.44. The third kappa shape index (κ3) is 3.01. The molecule has 1 saturated carbocycles. The van der Waals surface area contributed by atoms with E-state index in [0.717, 1.165) is 41.8 Å².